The number of aliphatic carboxylic acids is 1. The third kappa shape index (κ3) is 5.36. The molecule has 26 heavy (non-hydrogen) atoms. The van der Waals surface area contributed by atoms with Crippen LogP contribution in [-0.4, -0.2) is 21.8 Å². The Labute approximate surface area is 156 Å². The van der Waals surface area contributed by atoms with Gasteiger partial charge in [0.1, 0.15) is 12.4 Å². The molecule has 0 amide bonds. The Bertz CT molecular complexity index is 851. The number of ether oxygens (including phenoxy) is 1. The molecule has 4 nitrogen and oxygen atoms in total. The topological polar surface area (TPSA) is 59.4 Å². The number of rotatable bonds is 8. The van der Waals surface area contributed by atoms with Crippen molar-refractivity contribution in [2.45, 2.75) is 12.4 Å². The molecule has 0 bridgehead atoms. The molecule has 0 aliphatic rings. The van der Waals surface area contributed by atoms with Gasteiger partial charge in [0, 0.05) is 11.9 Å². The highest BCUT2D eigenvalue weighted by molar-refractivity contribution is 7.99. The Balaban J connectivity index is 1.56. The van der Waals surface area contributed by atoms with Gasteiger partial charge < -0.3 is 9.84 Å². The molecule has 0 saturated carbocycles. The maximum Gasteiger partial charge on any atom is 0.313 e. The van der Waals surface area contributed by atoms with Gasteiger partial charge in [-0.15, -0.1) is 11.8 Å². The van der Waals surface area contributed by atoms with E-state index >= 15 is 0 Å². The number of benzene rings is 2. The number of nitrogens with zero attached hydrogens (tertiary/aromatic N) is 1. The van der Waals surface area contributed by atoms with Crippen LogP contribution in [0.4, 0.5) is 0 Å². The third-order valence-electron chi connectivity index (χ3n) is 3.73. The van der Waals surface area contributed by atoms with Crippen molar-refractivity contribution in [2.24, 2.45) is 0 Å². The molecule has 0 radical (unpaired) electrons. The minimum absolute atomic E-state index is 0.0822. The highest BCUT2D eigenvalue weighted by Gasteiger charge is 2.03. The van der Waals surface area contributed by atoms with Gasteiger partial charge in [-0.1, -0.05) is 54.6 Å². The highest BCUT2D eigenvalue weighted by atomic mass is 32.2. The molecule has 3 rings (SSSR count). The average Bonchev–Trinajstić information content (AvgIpc) is 2.68. The molecule has 0 spiro atoms. The normalized spacial score (nSPS) is 10.5. The van der Waals surface area contributed by atoms with Crippen molar-refractivity contribution < 1.29 is 14.6 Å². The third-order valence-corrected chi connectivity index (χ3v) is 4.72. The smallest absolute Gasteiger partial charge is 0.313 e. The zero-order chi connectivity index (χ0) is 18.2. The molecule has 1 aromatic heterocycles. The Hall–Kier alpha value is -2.79. The first-order chi connectivity index (χ1) is 12.7. The SMILES string of the molecule is O=C(O)CSCc1cncc(OCc2ccc(-c3ccccc3)cc2)c1. The van der Waals surface area contributed by atoms with Crippen molar-refractivity contribution in [2.75, 3.05) is 5.75 Å². The fourth-order valence-electron chi connectivity index (χ4n) is 2.47. The molecule has 0 atom stereocenters. The quantitative estimate of drug-likeness (QED) is 0.630. The lowest BCUT2D eigenvalue weighted by molar-refractivity contribution is -0.133. The van der Waals surface area contributed by atoms with Gasteiger partial charge in [-0.2, -0.15) is 0 Å². The summed E-state index contributed by atoms with van der Waals surface area (Å²) in [5.41, 5.74) is 4.40. The number of hydrogen-bond acceptors (Lipinski definition) is 4. The van der Waals surface area contributed by atoms with Crippen molar-refractivity contribution in [3.05, 3.63) is 84.2 Å². The van der Waals surface area contributed by atoms with Crippen LogP contribution in [0.25, 0.3) is 11.1 Å². The van der Waals surface area contributed by atoms with E-state index in [1.165, 1.54) is 22.9 Å². The average molecular weight is 365 g/mol. The summed E-state index contributed by atoms with van der Waals surface area (Å²) in [6.07, 6.45) is 3.40. The first-order valence-corrected chi connectivity index (χ1v) is 9.37. The van der Waals surface area contributed by atoms with E-state index in [0.717, 1.165) is 11.1 Å². The minimum Gasteiger partial charge on any atom is -0.487 e. The van der Waals surface area contributed by atoms with Gasteiger partial charge in [0.05, 0.1) is 11.9 Å². The van der Waals surface area contributed by atoms with Gasteiger partial charge in [-0.3, -0.25) is 9.78 Å². The van der Waals surface area contributed by atoms with Crippen LogP contribution in [0.15, 0.2) is 73.1 Å². The fourth-order valence-corrected chi connectivity index (χ4v) is 3.14. The Morgan fingerprint density at radius 3 is 2.42 bits per heavy atom. The summed E-state index contributed by atoms with van der Waals surface area (Å²) in [5.74, 6) is 0.557. The second kappa shape index (κ2) is 9.06. The molecule has 5 heteroatoms. The van der Waals surface area contributed by atoms with Gasteiger partial charge in [0.15, 0.2) is 0 Å². The molecule has 1 N–H and O–H groups in total. The van der Waals surface area contributed by atoms with Crippen molar-refractivity contribution in [1.82, 2.24) is 4.98 Å². The molecule has 0 unspecified atom stereocenters. The van der Waals surface area contributed by atoms with E-state index in [-0.39, 0.29) is 5.75 Å². The van der Waals surface area contributed by atoms with Gasteiger partial charge in [-0.05, 0) is 28.3 Å². The van der Waals surface area contributed by atoms with Gasteiger partial charge in [0.2, 0.25) is 0 Å². The number of aromatic nitrogens is 1. The van der Waals surface area contributed by atoms with E-state index in [1.54, 1.807) is 12.4 Å². The first kappa shape index (κ1) is 18.0. The molecular weight excluding hydrogens is 346 g/mol. The van der Waals surface area contributed by atoms with Crippen LogP contribution in [-0.2, 0) is 17.2 Å². The summed E-state index contributed by atoms with van der Waals surface area (Å²) in [5, 5.41) is 8.69. The summed E-state index contributed by atoms with van der Waals surface area (Å²) in [6.45, 7) is 0.461. The standard InChI is InChI=1S/C21H19NO3S/c23-21(24)15-26-14-17-10-20(12-22-11-17)25-13-16-6-8-19(9-7-16)18-4-2-1-3-5-18/h1-12H,13-15H2,(H,23,24). The molecule has 0 aliphatic carbocycles. The molecule has 1 heterocycles. The lowest BCUT2D eigenvalue weighted by Crippen LogP contribution is -1.99. The number of carboxylic acids is 1. The van der Waals surface area contributed by atoms with Crippen molar-refractivity contribution in [3.8, 4) is 16.9 Å². The van der Waals surface area contributed by atoms with Crippen LogP contribution in [0.2, 0.25) is 0 Å². The van der Waals surface area contributed by atoms with Crippen LogP contribution >= 0.6 is 11.8 Å². The summed E-state index contributed by atoms with van der Waals surface area (Å²) in [6, 6.07) is 20.4. The number of thioether (sulfide) groups is 1. The molecular formula is C21H19NO3S. The predicted octanol–water partition coefficient (Wildman–Crippen LogP) is 4.65. The second-order valence-corrected chi connectivity index (χ2v) is 6.75. The van der Waals surface area contributed by atoms with Gasteiger partial charge in [-0.25, -0.2) is 0 Å². The predicted molar refractivity (Wildman–Crippen MR) is 104 cm³/mol. The molecule has 2 aromatic carbocycles. The molecule has 132 valence electrons. The van der Waals surface area contributed by atoms with Gasteiger partial charge in [0.25, 0.3) is 0 Å². The highest BCUT2D eigenvalue weighted by Crippen LogP contribution is 2.21. The van der Waals surface area contributed by atoms with Crippen LogP contribution in [0.5, 0.6) is 5.75 Å². The van der Waals surface area contributed by atoms with E-state index in [1.807, 2.05) is 24.3 Å². The van der Waals surface area contributed by atoms with Crippen LogP contribution in [0, 0.1) is 0 Å². The lowest BCUT2D eigenvalue weighted by atomic mass is 10.0. The van der Waals surface area contributed by atoms with Crippen molar-refractivity contribution in [3.63, 3.8) is 0 Å². The summed E-state index contributed by atoms with van der Waals surface area (Å²) < 4.78 is 5.82. The molecule has 0 fully saturated rings. The number of pyridine rings is 1. The van der Waals surface area contributed by atoms with Crippen LogP contribution in [0.3, 0.4) is 0 Å². The van der Waals surface area contributed by atoms with Crippen LogP contribution in [0.1, 0.15) is 11.1 Å². The Morgan fingerprint density at radius 2 is 1.69 bits per heavy atom. The maximum absolute atomic E-state index is 10.6. The maximum atomic E-state index is 10.6. The van der Waals surface area contributed by atoms with E-state index in [2.05, 4.69) is 41.4 Å². The molecule has 0 saturated heterocycles. The lowest BCUT2D eigenvalue weighted by Gasteiger charge is -2.08. The Morgan fingerprint density at radius 1 is 0.962 bits per heavy atom. The van der Waals surface area contributed by atoms with Crippen molar-refractivity contribution in [1.29, 1.82) is 0 Å². The van der Waals surface area contributed by atoms with Crippen molar-refractivity contribution >= 4 is 17.7 Å². The minimum atomic E-state index is -0.811. The van der Waals surface area contributed by atoms with E-state index in [4.69, 9.17) is 9.84 Å². The van der Waals surface area contributed by atoms with E-state index in [0.29, 0.717) is 18.1 Å². The first-order valence-electron chi connectivity index (χ1n) is 8.21. The summed E-state index contributed by atoms with van der Waals surface area (Å²) >= 11 is 1.34. The zero-order valence-electron chi connectivity index (χ0n) is 14.2. The second-order valence-electron chi connectivity index (χ2n) is 5.77. The van der Waals surface area contributed by atoms with E-state index < -0.39 is 5.97 Å². The summed E-state index contributed by atoms with van der Waals surface area (Å²) in [4.78, 5) is 14.7. The number of carbonyl (C=O) groups is 1. The fraction of sp³-hybridized carbons (Fsp3) is 0.143. The largest absolute Gasteiger partial charge is 0.487 e. The van der Waals surface area contributed by atoms with Crippen LogP contribution < -0.4 is 4.74 Å². The molecule has 0 aliphatic heterocycles. The number of carboxylic acid groups (broad SMARTS) is 1. The van der Waals surface area contributed by atoms with Gasteiger partial charge >= 0.3 is 5.97 Å². The monoisotopic (exact) mass is 365 g/mol. The number of hydrogen-bond donors (Lipinski definition) is 1. The molecule has 3 aromatic rings. The summed E-state index contributed by atoms with van der Waals surface area (Å²) in [7, 11) is 0. The zero-order valence-corrected chi connectivity index (χ0v) is 15.0. The van der Waals surface area contributed by atoms with E-state index in [9.17, 15) is 4.79 Å². The Kier molecular flexibility index (Phi) is 6.28.